The molecule has 3 unspecified atom stereocenters. The summed E-state index contributed by atoms with van der Waals surface area (Å²) in [7, 11) is 0. The molecule has 1 N–H and O–H groups in total. The number of amides is 2. The molecule has 1 aromatic carbocycles. The molecule has 2 aliphatic rings. The lowest BCUT2D eigenvalue weighted by atomic mass is 10.1. The van der Waals surface area contributed by atoms with Gasteiger partial charge in [0.15, 0.2) is 0 Å². The van der Waals surface area contributed by atoms with Crippen molar-refractivity contribution in [3.63, 3.8) is 0 Å². The highest BCUT2D eigenvalue weighted by Gasteiger charge is 2.37. The van der Waals surface area contributed by atoms with Crippen LogP contribution in [0.1, 0.15) is 31.7 Å². The lowest BCUT2D eigenvalue weighted by Crippen LogP contribution is -2.44. The maximum absolute atomic E-state index is 12.9. The van der Waals surface area contributed by atoms with Crippen LogP contribution in [0.5, 0.6) is 0 Å². The first-order valence-corrected chi connectivity index (χ1v) is 8.65. The van der Waals surface area contributed by atoms with E-state index in [4.69, 9.17) is 4.74 Å². The fraction of sp³-hybridized carbons (Fsp3) is 0.556. The van der Waals surface area contributed by atoms with E-state index >= 15 is 0 Å². The zero-order chi connectivity index (χ0) is 18.9. The minimum Gasteiger partial charge on any atom is -0.376 e. The SMILES string of the molecule is CC(NC(=O)C1CC(=O)N(c2cccc(C(F)(F)F)c2)C1)C1CCCO1. The largest absolute Gasteiger partial charge is 0.416 e. The van der Waals surface area contributed by atoms with Gasteiger partial charge in [0.25, 0.3) is 0 Å². The maximum atomic E-state index is 12.9. The molecular weight excluding hydrogens is 349 g/mol. The summed E-state index contributed by atoms with van der Waals surface area (Å²) in [5.41, 5.74) is -0.657. The predicted molar refractivity (Wildman–Crippen MR) is 88.5 cm³/mol. The Balaban J connectivity index is 1.66. The number of benzene rings is 1. The second-order valence-electron chi connectivity index (χ2n) is 6.80. The summed E-state index contributed by atoms with van der Waals surface area (Å²) in [6.45, 7) is 2.61. The Morgan fingerprint density at radius 3 is 2.81 bits per heavy atom. The molecule has 2 saturated heterocycles. The molecule has 1 aromatic rings. The lowest BCUT2D eigenvalue weighted by molar-refractivity contribution is -0.137. The first kappa shape index (κ1) is 18.7. The number of nitrogens with zero attached hydrogens (tertiary/aromatic N) is 1. The molecule has 2 fully saturated rings. The first-order chi connectivity index (χ1) is 12.3. The van der Waals surface area contributed by atoms with Crippen LogP contribution in [-0.4, -0.2) is 37.1 Å². The zero-order valence-electron chi connectivity index (χ0n) is 14.4. The number of alkyl halides is 3. The Kier molecular flexibility index (Phi) is 5.22. The van der Waals surface area contributed by atoms with Gasteiger partial charge in [-0.3, -0.25) is 9.59 Å². The Hall–Kier alpha value is -2.09. The first-order valence-electron chi connectivity index (χ1n) is 8.65. The lowest BCUT2D eigenvalue weighted by Gasteiger charge is -2.22. The summed E-state index contributed by atoms with van der Waals surface area (Å²) < 4.78 is 44.1. The van der Waals surface area contributed by atoms with Gasteiger partial charge in [-0.15, -0.1) is 0 Å². The molecule has 2 heterocycles. The average Bonchev–Trinajstić information content (AvgIpc) is 3.23. The molecule has 2 aliphatic heterocycles. The monoisotopic (exact) mass is 370 g/mol. The molecule has 3 rings (SSSR count). The van der Waals surface area contributed by atoms with E-state index in [1.54, 1.807) is 0 Å². The summed E-state index contributed by atoms with van der Waals surface area (Å²) >= 11 is 0. The van der Waals surface area contributed by atoms with Crippen LogP contribution < -0.4 is 10.2 Å². The van der Waals surface area contributed by atoms with E-state index in [0.717, 1.165) is 25.0 Å². The van der Waals surface area contributed by atoms with Gasteiger partial charge >= 0.3 is 6.18 Å². The van der Waals surface area contributed by atoms with E-state index in [1.807, 2.05) is 6.92 Å². The Bertz CT molecular complexity index is 687. The molecule has 5 nitrogen and oxygen atoms in total. The molecule has 3 atom stereocenters. The number of carbonyl (C=O) groups excluding carboxylic acids is 2. The van der Waals surface area contributed by atoms with Gasteiger partial charge in [0.2, 0.25) is 11.8 Å². The fourth-order valence-corrected chi connectivity index (χ4v) is 3.41. The van der Waals surface area contributed by atoms with E-state index in [0.29, 0.717) is 6.61 Å². The number of ether oxygens (including phenoxy) is 1. The zero-order valence-corrected chi connectivity index (χ0v) is 14.4. The minimum atomic E-state index is -4.48. The molecule has 8 heteroatoms. The van der Waals surface area contributed by atoms with Crippen molar-refractivity contribution in [1.82, 2.24) is 5.32 Å². The van der Waals surface area contributed by atoms with Gasteiger partial charge in [0.05, 0.1) is 23.6 Å². The molecule has 142 valence electrons. The van der Waals surface area contributed by atoms with Crippen LogP contribution in [0.25, 0.3) is 0 Å². The van der Waals surface area contributed by atoms with Crippen molar-refractivity contribution in [2.24, 2.45) is 5.92 Å². The van der Waals surface area contributed by atoms with Crippen molar-refractivity contribution in [1.29, 1.82) is 0 Å². The van der Waals surface area contributed by atoms with E-state index in [1.165, 1.54) is 17.0 Å². The molecule has 0 radical (unpaired) electrons. The van der Waals surface area contributed by atoms with Crippen molar-refractivity contribution < 1.29 is 27.5 Å². The molecular formula is C18H21F3N2O3. The molecule has 0 bridgehead atoms. The second-order valence-corrected chi connectivity index (χ2v) is 6.80. The van der Waals surface area contributed by atoms with E-state index in [2.05, 4.69) is 5.32 Å². The number of nitrogens with one attached hydrogen (secondary N) is 1. The third kappa shape index (κ3) is 4.00. The highest BCUT2D eigenvalue weighted by molar-refractivity contribution is 6.00. The summed E-state index contributed by atoms with van der Waals surface area (Å²) in [6, 6.07) is 4.44. The van der Waals surface area contributed by atoms with Crippen LogP contribution in [0, 0.1) is 5.92 Å². The number of halogens is 3. The molecule has 0 spiro atoms. The molecule has 0 aliphatic carbocycles. The van der Waals surface area contributed by atoms with Gasteiger partial charge in [0, 0.05) is 25.3 Å². The number of anilines is 1. The topological polar surface area (TPSA) is 58.6 Å². The average molecular weight is 370 g/mol. The normalized spacial score (nSPS) is 24.8. The molecule has 26 heavy (non-hydrogen) atoms. The van der Waals surface area contributed by atoms with Gasteiger partial charge in [-0.25, -0.2) is 0 Å². The Morgan fingerprint density at radius 1 is 1.38 bits per heavy atom. The van der Waals surface area contributed by atoms with Crippen LogP contribution in [0.2, 0.25) is 0 Å². The number of rotatable bonds is 4. The van der Waals surface area contributed by atoms with E-state index in [-0.39, 0.29) is 42.6 Å². The van der Waals surface area contributed by atoms with Crippen LogP contribution in [0.3, 0.4) is 0 Å². The fourth-order valence-electron chi connectivity index (χ4n) is 3.41. The van der Waals surface area contributed by atoms with Crippen molar-refractivity contribution >= 4 is 17.5 Å². The standard InChI is InChI=1S/C18H21F3N2O3/c1-11(15-6-3-7-26-15)22-17(25)12-8-16(24)23(10-12)14-5-2-4-13(9-14)18(19,20)21/h2,4-5,9,11-12,15H,3,6-8,10H2,1H3,(H,22,25). The summed E-state index contributed by atoms with van der Waals surface area (Å²) in [5, 5.41) is 2.87. The summed E-state index contributed by atoms with van der Waals surface area (Å²) in [6.07, 6.45) is -2.69. The van der Waals surface area contributed by atoms with Crippen LogP contribution in [0.15, 0.2) is 24.3 Å². The number of hydrogen-bond donors (Lipinski definition) is 1. The predicted octanol–water partition coefficient (Wildman–Crippen LogP) is 2.74. The van der Waals surface area contributed by atoms with Gasteiger partial charge in [-0.1, -0.05) is 6.07 Å². The minimum absolute atomic E-state index is 0.0136. The van der Waals surface area contributed by atoms with E-state index in [9.17, 15) is 22.8 Å². The smallest absolute Gasteiger partial charge is 0.376 e. The maximum Gasteiger partial charge on any atom is 0.416 e. The number of carbonyl (C=O) groups is 2. The number of hydrogen-bond acceptors (Lipinski definition) is 3. The van der Waals surface area contributed by atoms with Gasteiger partial charge in [0.1, 0.15) is 0 Å². The van der Waals surface area contributed by atoms with Gasteiger partial charge in [-0.05, 0) is 38.0 Å². The highest BCUT2D eigenvalue weighted by atomic mass is 19.4. The highest BCUT2D eigenvalue weighted by Crippen LogP contribution is 2.33. The molecule has 0 aromatic heterocycles. The quantitative estimate of drug-likeness (QED) is 0.887. The van der Waals surface area contributed by atoms with Crippen LogP contribution in [-0.2, 0) is 20.5 Å². The molecule has 0 saturated carbocycles. The van der Waals surface area contributed by atoms with Gasteiger partial charge < -0.3 is 15.0 Å². The van der Waals surface area contributed by atoms with Crippen LogP contribution >= 0.6 is 0 Å². The second kappa shape index (κ2) is 7.26. The molecule has 2 amide bonds. The summed E-state index contributed by atoms with van der Waals surface area (Å²) in [5.74, 6) is -1.20. The van der Waals surface area contributed by atoms with Gasteiger partial charge in [-0.2, -0.15) is 13.2 Å². The van der Waals surface area contributed by atoms with Crippen molar-refractivity contribution in [2.45, 2.75) is 44.5 Å². The van der Waals surface area contributed by atoms with Crippen molar-refractivity contribution in [2.75, 3.05) is 18.1 Å². The third-order valence-electron chi connectivity index (χ3n) is 4.87. The third-order valence-corrected chi connectivity index (χ3v) is 4.87. The van der Waals surface area contributed by atoms with E-state index < -0.39 is 17.7 Å². The van der Waals surface area contributed by atoms with Crippen molar-refractivity contribution in [3.05, 3.63) is 29.8 Å². The summed E-state index contributed by atoms with van der Waals surface area (Å²) in [4.78, 5) is 25.9. The Morgan fingerprint density at radius 2 is 2.15 bits per heavy atom. The van der Waals surface area contributed by atoms with Crippen LogP contribution in [0.4, 0.5) is 18.9 Å². The van der Waals surface area contributed by atoms with Crippen molar-refractivity contribution in [3.8, 4) is 0 Å². The Labute approximate surface area is 149 Å².